The Balaban J connectivity index is 1.21. The summed E-state index contributed by atoms with van der Waals surface area (Å²) in [7, 11) is 3.19. The zero-order valence-electron chi connectivity index (χ0n) is 18.6. The Kier molecular flexibility index (Phi) is 5.80. The number of hydrogen-bond donors (Lipinski definition) is 1. The van der Waals surface area contributed by atoms with Gasteiger partial charge in [0.1, 0.15) is 17.2 Å². The lowest BCUT2D eigenvalue weighted by molar-refractivity contribution is -0.134. The summed E-state index contributed by atoms with van der Waals surface area (Å²) >= 11 is 1.72. The number of aromatic amines is 1. The predicted molar refractivity (Wildman–Crippen MR) is 125 cm³/mol. The molecule has 2 unspecified atom stereocenters. The van der Waals surface area contributed by atoms with Crippen molar-refractivity contribution >= 4 is 23.2 Å². The van der Waals surface area contributed by atoms with Gasteiger partial charge in [-0.05, 0) is 42.1 Å². The molecule has 2 atom stereocenters. The third-order valence-electron chi connectivity index (χ3n) is 6.39. The molecule has 3 heterocycles. The first kappa shape index (κ1) is 21.5. The van der Waals surface area contributed by atoms with Gasteiger partial charge in [0, 0.05) is 48.5 Å². The van der Waals surface area contributed by atoms with Crippen molar-refractivity contribution in [3.63, 3.8) is 0 Å². The molecule has 2 fully saturated rings. The van der Waals surface area contributed by atoms with Crippen LogP contribution in [0.1, 0.15) is 27.7 Å². The first-order valence-electron chi connectivity index (χ1n) is 11.0. The summed E-state index contributed by atoms with van der Waals surface area (Å²) < 4.78 is 10.7. The normalized spacial score (nSPS) is 19.9. The second kappa shape index (κ2) is 8.90. The van der Waals surface area contributed by atoms with E-state index in [1.54, 1.807) is 36.5 Å². The highest BCUT2D eigenvalue weighted by atomic mass is 32.1. The number of nitrogens with zero attached hydrogens (tertiary/aromatic N) is 3. The largest absolute Gasteiger partial charge is 0.497 e. The summed E-state index contributed by atoms with van der Waals surface area (Å²) in [4.78, 5) is 30.9. The molecule has 2 amide bonds. The molecule has 0 radical (unpaired) electrons. The highest BCUT2D eigenvalue weighted by Crippen LogP contribution is 2.50. The summed E-state index contributed by atoms with van der Waals surface area (Å²) in [6, 6.07) is 11.3. The second-order valence-electron chi connectivity index (χ2n) is 8.31. The number of rotatable bonds is 6. The number of nitrogens with one attached hydrogen (secondary N) is 1. The van der Waals surface area contributed by atoms with Gasteiger partial charge in [-0.1, -0.05) is 6.07 Å². The number of carbonyl (C=O) groups is 2. The van der Waals surface area contributed by atoms with Crippen LogP contribution < -0.4 is 9.47 Å². The van der Waals surface area contributed by atoms with Gasteiger partial charge >= 0.3 is 0 Å². The smallest absolute Gasteiger partial charge is 0.272 e. The van der Waals surface area contributed by atoms with Gasteiger partial charge in [-0.2, -0.15) is 5.10 Å². The van der Waals surface area contributed by atoms with E-state index in [4.69, 9.17) is 9.47 Å². The number of hydrogen-bond acceptors (Lipinski definition) is 6. The molecule has 1 aliphatic carbocycles. The molecule has 9 heteroatoms. The van der Waals surface area contributed by atoms with E-state index in [0.717, 1.165) is 12.0 Å². The van der Waals surface area contributed by atoms with Crippen molar-refractivity contribution < 1.29 is 19.1 Å². The molecule has 0 spiro atoms. The van der Waals surface area contributed by atoms with E-state index in [1.807, 2.05) is 29.2 Å². The monoisotopic (exact) mass is 466 g/mol. The predicted octanol–water partition coefficient (Wildman–Crippen LogP) is 3.24. The fraction of sp³-hybridized carbons (Fsp3) is 0.375. The van der Waals surface area contributed by atoms with Crippen LogP contribution in [0.3, 0.4) is 0 Å². The SMILES string of the molecule is COc1ccc(OC)c(-c2cc(C(=O)N3CCN(C(=O)C4CC4c4cccs4)CC3)[nH]n2)c1. The van der Waals surface area contributed by atoms with Crippen LogP contribution in [0, 0.1) is 5.92 Å². The highest BCUT2D eigenvalue weighted by Gasteiger charge is 2.46. The van der Waals surface area contributed by atoms with Crippen molar-refractivity contribution in [2.24, 2.45) is 5.92 Å². The van der Waals surface area contributed by atoms with Gasteiger partial charge in [-0.25, -0.2) is 0 Å². The Morgan fingerprint density at radius 1 is 1.06 bits per heavy atom. The molecule has 1 aliphatic heterocycles. The van der Waals surface area contributed by atoms with E-state index >= 15 is 0 Å². The number of aromatic nitrogens is 2. The molecule has 1 saturated carbocycles. The van der Waals surface area contributed by atoms with E-state index in [0.29, 0.717) is 55.0 Å². The van der Waals surface area contributed by atoms with Crippen molar-refractivity contribution in [1.29, 1.82) is 0 Å². The van der Waals surface area contributed by atoms with Crippen molar-refractivity contribution in [3.8, 4) is 22.8 Å². The number of ether oxygens (including phenoxy) is 2. The second-order valence-corrected chi connectivity index (χ2v) is 9.29. The number of carbonyl (C=O) groups excluding carboxylic acids is 2. The third kappa shape index (κ3) is 4.20. The fourth-order valence-corrected chi connectivity index (χ4v) is 5.31. The zero-order chi connectivity index (χ0) is 22.9. The van der Waals surface area contributed by atoms with Crippen LogP contribution in [0.5, 0.6) is 11.5 Å². The standard InChI is InChI=1S/C24H26N4O4S/c1-31-15-5-6-21(32-2)18(12-15)19-14-20(26-25-19)24(30)28-9-7-27(8-10-28)23(29)17-13-16(17)22-4-3-11-33-22/h3-6,11-12,14,16-17H,7-10,13H2,1-2H3,(H,25,26). The molecule has 1 N–H and O–H groups in total. The number of methoxy groups -OCH3 is 2. The number of piperazine rings is 1. The Morgan fingerprint density at radius 2 is 1.85 bits per heavy atom. The highest BCUT2D eigenvalue weighted by molar-refractivity contribution is 7.10. The van der Waals surface area contributed by atoms with Crippen molar-refractivity contribution in [3.05, 3.63) is 52.3 Å². The molecule has 5 rings (SSSR count). The number of H-pyrrole nitrogens is 1. The maximum Gasteiger partial charge on any atom is 0.272 e. The molecule has 33 heavy (non-hydrogen) atoms. The molecular formula is C24H26N4O4S. The minimum atomic E-state index is -0.120. The van der Waals surface area contributed by atoms with Crippen LogP contribution in [-0.2, 0) is 4.79 Å². The average molecular weight is 467 g/mol. The first-order chi connectivity index (χ1) is 16.1. The summed E-state index contributed by atoms with van der Waals surface area (Å²) in [5.41, 5.74) is 1.76. The topological polar surface area (TPSA) is 87.8 Å². The van der Waals surface area contributed by atoms with Crippen LogP contribution in [-0.4, -0.2) is 72.2 Å². The van der Waals surface area contributed by atoms with Crippen molar-refractivity contribution in [1.82, 2.24) is 20.0 Å². The zero-order valence-corrected chi connectivity index (χ0v) is 19.4. The number of benzene rings is 1. The van der Waals surface area contributed by atoms with E-state index in [2.05, 4.69) is 21.6 Å². The van der Waals surface area contributed by atoms with Crippen molar-refractivity contribution in [2.75, 3.05) is 40.4 Å². The molecule has 1 saturated heterocycles. The van der Waals surface area contributed by atoms with E-state index in [-0.39, 0.29) is 17.7 Å². The number of thiophene rings is 1. The van der Waals surface area contributed by atoms with Gasteiger partial charge in [0.25, 0.3) is 5.91 Å². The quantitative estimate of drug-likeness (QED) is 0.603. The molecule has 0 bridgehead atoms. The van der Waals surface area contributed by atoms with Gasteiger partial charge in [-0.15, -0.1) is 11.3 Å². The Hall–Kier alpha value is -3.33. The first-order valence-corrected chi connectivity index (χ1v) is 11.9. The van der Waals surface area contributed by atoms with Gasteiger partial charge in [0.05, 0.1) is 19.9 Å². The summed E-state index contributed by atoms with van der Waals surface area (Å²) in [5.74, 6) is 1.89. The Morgan fingerprint density at radius 3 is 2.55 bits per heavy atom. The molecule has 172 valence electrons. The number of amides is 2. The van der Waals surface area contributed by atoms with E-state index in [1.165, 1.54) is 4.88 Å². The Labute approximate surface area is 196 Å². The average Bonchev–Trinajstić information content (AvgIpc) is 3.25. The van der Waals surface area contributed by atoms with Gasteiger partial charge < -0.3 is 19.3 Å². The fourth-order valence-electron chi connectivity index (χ4n) is 4.40. The van der Waals surface area contributed by atoms with Crippen molar-refractivity contribution in [2.45, 2.75) is 12.3 Å². The molecule has 3 aromatic rings. The Bertz CT molecular complexity index is 1150. The minimum Gasteiger partial charge on any atom is -0.497 e. The summed E-state index contributed by atoms with van der Waals surface area (Å²) in [6.07, 6.45) is 0.934. The van der Waals surface area contributed by atoms with Crippen LogP contribution in [0.4, 0.5) is 0 Å². The molecule has 8 nitrogen and oxygen atoms in total. The van der Waals surface area contributed by atoms with Crippen LogP contribution >= 0.6 is 11.3 Å². The van der Waals surface area contributed by atoms with Crippen LogP contribution in [0.15, 0.2) is 41.8 Å². The van der Waals surface area contributed by atoms with E-state index < -0.39 is 0 Å². The van der Waals surface area contributed by atoms with Gasteiger partial charge in [-0.3, -0.25) is 14.7 Å². The van der Waals surface area contributed by atoms with E-state index in [9.17, 15) is 9.59 Å². The third-order valence-corrected chi connectivity index (χ3v) is 7.39. The van der Waals surface area contributed by atoms with Gasteiger partial charge in [0.15, 0.2) is 0 Å². The van der Waals surface area contributed by atoms with Gasteiger partial charge in [0.2, 0.25) is 5.91 Å². The molecular weight excluding hydrogens is 440 g/mol. The van der Waals surface area contributed by atoms with Crippen LogP contribution in [0.25, 0.3) is 11.3 Å². The lowest BCUT2D eigenvalue weighted by atomic mass is 10.1. The maximum absolute atomic E-state index is 13.0. The molecule has 1 aromatic carbocycles. The lowest BCUT2D eigenvalue weighted by Crippen LogP contribution is -2.51. The summed E-state index contributed by atoms with van der Waals surface area (Å²) in [5, 5.41) is 9.24. The van der Waals surface area contributed by atoms with Crippen LogP contribution in [0.2, 0.25) is 0 Å². The molecule has 2 aromatic heterocycles. The molecule has 2 aliphatic rings. The lowest BCUT2D eigenvalue weighted by Gasteiger charge is -2.34. The minimum absolute atomic E-state index is 0.0962. The summed E-state index contributed by atoms with van der Waals surface area (Å²) in [6.45, 7) is 2.14. The maximum atomic E-state index is 13.0.